The van der Waals surface area contributed by atoms with E-state index < -0.39 is 28.3 Å². The van der Waals surface area contributed by atoms with Crippen LogP contribution in [0.3, 0.4) is 0 Å². The molecule has 182 valence electrons. The summed E-state index contributed by atoms with van der Waals surface area (Å²) in [4.78, 5) is 27.7. The van der Waals surface area contributed by atoms with Crippen molar-refractivity contribution in [2.75, 3.05) is 42.5 Å². The van der Waals surface area contributed by atoms with Crippen molar-refractivity contribution in [2.45, 2.75) is 4.90 Å². The molecule has 8 nitrogen and oxygen atoms in total. The van der Waals surface area contributed by atoms with E-state index in [1.54, 1.807) is 47.4 Å². The summed E-state index contributed by atoms with van der Waals surface area (Å²) in [6.07, 6.45) is 0. The Morgan fingerprint density at radius 2 is 1.54 bits per heavy atom. The maximum atomic E-state index is 13.5. The molecule has 1 fully saturated rings. The maximum absolute atomic E-state index is 13.5. The fourth-order valence-electron chi connectivity index (χ4n) is 3.68. The van der Waals surface area contributed by atoms with Gasteiger partial charge >= 0.3 is 0 Å². The summed E-state index contributed by atoms with van der Waals surface area (Å²) in [7, 11) is -4.14. The molecule has 1 aliphatic rings. The van der Waals surface area contributed by atoms with E-state index in [4.69, 9.17) is 4.74 Å². The molecule has 0 saturated carbocycles. The first kappa shape index (κ1) is 24.4. The first-order valence-electron chi connectivity index (χ1n) is 11.0. The zero-order chi connectivity index (χ0) is 24.8. The lowest BCUT2D eigenvalue weighted by atomic mass is 10.1. The van der Waals surface area contributed by atoms with E-state index in [2.05, 4.69) is 5.32 Å². The van der Waals surface area contributed by atoms with Gasteiger partial charge in [0.2, 0.25) is 5.91 Å². The van der Waals surface area contributed by atoms with E-state index >= 15 is 0 Å². The van der Waals surface area contributed by atoms with Crippen molar-refractivity contribution in [3.05, 3.63) is 90.2 Å². The average molecular weight is 498 g/mol. The fourth-order valence-corrected chi connectivity index (χ4v) is 5.12. The van der Waals surface area contributed by atoms with Gasteiger partial charge in [0.15, 0.2) is 0 Å². The van der Waals surface area contributed by atoms with Gasteiger partial charge in [0.05, 0.1) is 35.0 Å². The molecule has 0 radical (unpaired) electrons. The summed E-state index contributed by atoms with van der Waals surface area (Å²) in [5, 5.41) is 2.67. The summed E-state index contributed by atoms with van der Waals surface area (Å²) in [5.41, 5.74) is 0.690. The molecule has 0 spiro atoms. The monoisotopic (exact) mass is 497 g/mol. The van der Waals surface area contributed by atoms with Gasteiger partial charge in [0, 0.05) is 13.1 Å². The number of anilines is 2. The van der Waals surface area contributed by atoms with Gasteiger partial charge in [-0.3, -0.25) is 13.9 Å². The molecule has 1 N–H and O–H groups in total. The number of hydrogen-bond acceptors (Lipinski definition) is 5. The molecule has 0 unspecified atom stereocenters. The molecule has 10 heteroatoms. The second-order valence-corrected chi connectivity index (χ2v) is 9.66. The molecule has 3 aromatic rings. The van der Waals surface area contributed by atoms with Crippen LogP contribution >= 0.6 is 0 Å². The third-order valence-corrected chi connectivity index (χ3v) is 7.25. The minimum absolute atomic E-state index is 0.0139. The highest BCUT2D eigenvalue weighted by molar-refractivity contribution is 7.92. The smallest absolute Gasteiger partial charge is 0.264 e. The number of rotatable bonds is 7. The molecule has 0 atom stereocenters. The molecule has 0 aromatic heterocycles. The maximum Gasteiger partial charge on any atom is 0.264 e. The van der Waals surface area contributed by atoms with Gasteiger partial charge in [0.1, 0.15) is 12.4 Å². The quantitative estimate of drug-likeness (QED) is 0.541. The number of halogens is 1. The Morgan fingerprint density at radius 1 is 0.914 bits per heavy atom. The van der Waals surface area contributed by atoms with Gasteiger partial charge in [-0.1, -0.05) is 30.3 Å². The lowest BCUT2D eigenvalue weighted by Crippen LogP contribution is -2.41. The number of amides is 2. The van der Waals surface area contributed by atoms with E-state index in [0.29, 0.717) is 31.9 Å². The summed E-state index contributed by atoms with van der Waals surface area (Å²) >= 11 is 0. The van der Waals surface area contributed by atoms with Gasteiger partial charge in [0.25, 0.3) is 15.9 Å². The Morgan fingerprint density at radius 3 is 2.23 bits per heavy atom. The number of nitrogens with one attached hydrogen (secondary N) is 1. The van der Waals surface area contributed by atoms with Crippen LogP contribution in [-0.2, 0) is 19.6 Å². The average Bonchev–Trinajstić information content (AvgIpc) is 2.89. The second kappa shape index (κ2) is 10.7. The number of hydrogen-bond donors (Lipinski definition) is 1. The predicted octanol–water partition coefficient (Wildman–Crippen LogP) is 3.13. The lowest BCUT2D eigenvalue weighted by Gasteiger charge is -2.28. The van der Waals surface area contributed by atoms with E-state index in [1.165, 1.54) is 24.3 Å². The SMILES string of the molecule is O=C(CN(c1ccc(F)cc1)S(=O)(=O)c1ccccc1)Nc1ccccc1C(=O)N1CCOCC1. The number of sulfonamides is 1. The molecular formula is C25H24FN3O5S. The largest absolute Gasteiger partial charge is 0.378 e. The number of nitrogens with zero attached hydrogens (tertiary/aromatic N) is 2. The predicted molar refractivity (Wildman–Crippen MR) is 129 cm³/mol. The van der Waals surface area contributed by atoms with Gasteiger partial charge in [-0.15, -0.1) is 0 Å². The fraction of sp³-hybridized carbons (Fsp3) is 0.200. The molecule has 3 aromatic carbocycles. The zero-order valence-corrected chi connectivity index (χ0v) is 19.6. The van der Waals surface area contributed by atoms with Gasteiger partial charge in [-0.05, 0) is 48.5 Å². The van der Waals surface area contributed by atoms with Crippen molar-refractivity contribution in [1.29, 1.82) is 0 Å². The highest BCUT2D eigenvalue weighted by atomic mass is 32.2. The van der Waals surface area contributed by atoms with Crippen LogP contribution in [0.1, 0.15) is 10.4 Å². The highest BCUT2D eigenvalue weighted by Crippen LogP contribution is 2.25. The molecule has 1 heterocycles. The first-order valence-corrected chi connectivity index (χ1v) is 12.4. The first-order chi connectivity index (χ1) is 16.9. The van der Waals surface area contributed by atoms with E-state index in [1.807, 2.05) is 0 Å². The third-order valence-electron chi connectivity index (χ3n) is 5.46. The lowest BCUT2D eigenvalue weighted by molar-refractivity contribution is -0.114. The van der Waals surface area contributed by atoms with Gasteiger partial charge in [-0.2, -0.15) is 0 Å². The third kappa shape index (κ3) is 5.67. The topological polar surface area (TPSA) is 96.0 Å². The summed E-state index contributed by atoms with van der Waals surface area (Å²) < 4.78 is 46.4. The van der Waals surface area contributed by atoms with Crippen molar-refractivity contribution in [3.8, 4) is 0 Å². The van der Waals surface area contributed by atoms with Crippen LogP contribution in [0.15, 0.2) is 83.8 Å². The second-order valence-electron chi connectivity index (χ2n) is 7.80. The Hall–Kier alpha value is -3.76. The molecule has 1 aliphatic heterocycles. The molecular weight excluding hydrogens is 473 g/mol. The Balaban J connectivity index is 1.60. The van der Waals surface area contributed by atoms with Crippen LogP contribution in [0.25, 0.3) is 0 Å². The number of morpholine rings is 1. The minimum atomic E-state index is -4.14. The number of para-hydroxylation sites is 1. The summed E-state index contributed by atoms with van der Waals surface area (Å²) in [6.45, 7) is 1.17. The van der Waals surface area contributed by atoms with Crippen molar-refractivity contribution < 1.29 is 27.1 Å². The molecule has 2 amide bonds. The number of carbonyl (C=O) groups excluding carboxylic acids is 2. The Labute approximate surface area is 203 Å². The number of carbonyl (C=O) groups is 2. The normalized spacial score (nSPS) is 13.8. The standard InChI is InChI=1S/C25H24FN3O5S/c26-19-10-12-20(13-11-19)29(35(32,33)21-6-2-1-3-7-21)18-24(30)27-23-9-5-4-8-22(23)25(31)28-14-16-34-17-15-28/h1-13H,14-18H2,(H,27,30). The van der Waals surface area contributed by atoms with Crippen molar-refractivity contribution in [3.63, 3.8) is 0 Å². The van der Waals surface area contributed by atoms with Gasteiger partial charge < -0.3 is 15.0 Å². The van der Waals surface area contributed by atoms with Crippen LogP contribution in [-0.4, -0.2) is 58.0 Å². The highest BCUT2D eigenvalue weighted by Gasteiger charge is 2.28. The molecule has 35 heavy (non-hydrogen) atoms. The van der Waals surface area contributed by atoms with Crippen molar-refractivity contribution >= 4 is 33.2 Å². The van der Waals surface area contributed by atoms with E-state index in [9.17, 15) is 22.4 Å². The minimum Gasteiger partial charge on any atom is -0.378 e. The van der Waals surface area contributed by atoms with Crippen LogP contribution in [0.4, 0.5) is 15.8 Å². The molecule has 4 rings (SSSR count). The number of benzene rings is 3. The Bertz CT molecular complexity index is 1290. The van der Waals surface area contributed by atoms with Crippen LogP contribution in [0, 0.1) is 5.82 Å². The zero-order valence-electron chi connectivity index (χ0n) is 18.8. The Kier molecular flexibility index (Phi) is 7.42. The van der Waals surface area contributed by atoms with Gasteiger partial charge in [-0.25, -0.2) is 12.8 Å². The summed E-state index contributed by atoms with van der Waals surface area (Å²) in [5.74, 6) is -1.45. The molecule has 1 saturated heterocycles. The van der Waals surface area contributed by atoms with Crippen LogP contribution in [0.5, 0.6) is 0 Å². The van der Waals surface area contributed by atoms with Crippen molar-refractivity contribution in [1.82, 2.24) is 4.90 Å². The van der Waals surface area contributed by atoms with E-state index in [-0.39, 0.29) is 22.2 Å². The molecule has 0 aliphatic carbocycles. The van der Waals surface area contributed by atoms with Crippen LogP contribution in [0.2, 0.25) is 0 Å². The van der Waals surface area contributed by atoms with Crippen molar-refractivity contribution in [2.24, 2.45) is 0 Å². The van der Waals surface area contributed by atoms with E-state index in [0.717, 1.165) is 16.4 Å². The number of ether oxygens (including phenoxy) is 1. The van der Waals surface area contributed by atoms with Crippen LogP contribution < -0.4 is 9.62 Å². The molecule has 0 bridgehead atoms. The summed E-state index contributed by atoms with van der Waals surface area (Å²) in [6, 6.07) is 19.0.